The van der Waals surface area contributed by atoms with Crippen molar-refractivity contribution in [1.29, 1.82) is 10.5 Å². The fourth-order valence-corrected chi connectivity index (χ4v) is 0.773. The number of hydrogen-bond acceptors (Lipinski definition) is 3. The van der Waals surface area contributed by atoms with Crippen molar-refractivity contribution in [2.24, 2.45) is 0 Å². The predicted molar refractivity (Wildman–Crippen MR) is 53.8 cm³/mol. The molecule has 0 bridgehead atoms. The second-order valence-corrected chi connectivity index (χ2v) is 2.42. The van der Waals surface area contributed by atoms with E-state index in [-0.39, 0.29) is 5.57 Å². The Labute approximate surface area is 84.2 Å². The van der Waals surface area contributed by atoms with E-state index in [2.05, 4.69) is 6.58 Å². The van der Waals surface area contributed by atoms with E-state index < -0.39 is 0 Å². The van der Waals surface area contributed by atoms with Gasteiger partial charge in [-0.2, -0.15) is 10.5 Å². The molecule has 0 atom stereocenters. The largest absolute Gasteiger partial charge is 0.501 e. The number of nitrogens with zero attached hydrogens (tertiary/aromatic N) is 2. The van der Waals surface area contributed by atoms with Crippen molar-refractivity contribution >= 4 is 0 Å². The number of rotatable bonds is 5. The van der Waals surface area contributed by atoms with E-state index in [0.717, 1.165) is 5.57 Å². The number of allylic oxidation sites excluding steroid dienone is 4. The fraction of sp³-hybridized carbons (Fsp3) is 0.273. The molecule has 3 nitrogen and oxygen atoms in total. The average molecular weight is 188 g/mol. The van der Waals surface area contributed by atoms with E-state index in [0.29, 0.717) is 13.0 Å². The van der Waals surface area contributed by atoms with Crippen molar-refractivity contribution in [2.75, 3.05) is 6.61 Å². The van der Waals surface area contributed by atoms with Gasteiger partial charge in [-0.05, 0) is 25.0 Å². The maximum atomic E-state index is 8.53. The zero-order valence-corrected chi connectivity index (χ0v) is 8.16. The van der Waals surface area contributed by atoms with Crippen LogP contribution in [0.2, 0.25) is 0 Å². The molecule has 72 valence electrons. The van der Waals surface area contributed by atoms with Gasteiger partial charge in [0.05, 0.1) is 12.9 Å². The standard InChI is InChI=1S/C11H12N2O/c1-3-5-10(9-14-4-2)6-11(7-12)8-13/h3,6,9H,1,4-5H2,2H3/b10-9+. The molecule has 0 amide bonds. The molecule has 3 heteroatoms. The fourth-order valence-electron chi connectivity index (χ4n) is 0.773. The van der Waals surface area contributed by atoms with Gasteiger partial charge in [0, 0.05) is 0 Å². The van der Waals surface area contributed by atoms with E-state index in [4.69, 9.17) is 15.3 Å². The van der Waals surface area contributed by atoms with Gasteiger partial charge in [0.1, 0.15) is 17.7 Å². The molecule has 14 heavy (non-hydrogen) atoms. The molecule has 0 aliphatic carbocycles. The zero-order chi connectivity index (χ0) is 10.8. The third-order valence-corrected chi connectivity index (χ3v) is 1.35. The molecule has 0 aromatic carbocycles. The molecule has 0 aromatic rings. The van der Waals surface area contributed by atoms with Gasteiger partial charge < -0.3 is 4.74 Å². The molecule has 0 unspecified atom stereocenters. The first-order valence-corrected chi connectivity index (χ1v) is 4.21. The molecule has 0 aliphatic heterocycles. The molecule has 0 heterocycles. The highest BCUT2D eigenvalue weighted by atomic mass is 16.5. The summed E-state index contributed by atoms with van der Waals surface area (Å²) in [7, 11) is 0. The van der Waals surface area contributed by atoms with E-state index in [1.54, 1.807) is 18.2 Å². The third kappa shape index (κ3) is 4.79. The number of ether oxygens (including phenoxy) is 1. The van der Waals surface area contributed by atoms with Crippen LogP contribution in [0, 0.1) is 22.7 Å². The van der Waals surface area contributed by atoms with E-state index in [9.17, 15) is 0 Å². The molecule has 0 fully saturated rings. The number of nitriles is 2. The molecule has 0 saturated carbocycles. The van der Waals surface area contributed by atoms with Crippen molar-refractivity contribution in [3.8, 4) is 12.1 Å². The lowest BCUT2D eigenvalue weighted by Crippen LogP contribution is -1.84. The van der Waals surface area contributed by atoms with Gasteiger partial charge in [0.25, 0.3) is 0 Å². The zero-order valence-electron chi connectivity index (χ0n) is 8.16. The van der Waals surface area contributed by atoms with Gasteiger partial charge in [-0.25, -0.2) is 0 Å². The Hall–Kier alpha value is -2.00. The van der Waals surface area contributed by atoms with E-state index in [1.807, 2.05) is 6.92 Å². The minimum absolute atomic E-state index is 0.0674. The Morgan fingerprint density at radius 1 is 1.43 bits per heavy atom. The van der Waals surface area contributed by atoms with E-state index >= 15 is 0 Å². The Bertz CT molecular complexity index is 310. The second kappa shape index (κ2) is 7.64. The average Bonchev–Trinajstić information content (AvgIpc) is 2.22. The molecule has 0 aliphatic rings. The summed E-state index contributed by atoms with van der Waals surface area (Å²) in [5, 5.41) is 17.1. The quantitative estimate of drug-likeness (QED) is 0.288. The summed E-state index contributed by atoms with van der Waals surface area (Å²) in [4.78, 5) is 0. The van der Waals surface area contributed by atoms with Crippen LogP contribution < -0.4 is 0 Å². The normalized spacial score (nSPS) is 9.50. The summed E-state index contributed by atoms with van der Waals surface area (Å²) in [6.07, 6.45) is 5.30. The topological polar surface area (TPSA) is 56.8 Å². The van der Waals surface area contributed by atoms with Gasteiger partial charge >= 0.3 is 0 Å². The predicted octanol–water partition coefficient (Wildman–Crippen LogP) is 2.46. The van der Waals surface area contributed by atoms with Crippen molar-refractivity contribution in [3.05, 3.63) is 36.1 Å². The van der Waals surface area contributed by atoms with Crippen LogP contribution in [0.5, 0.6) is 0 Å². The summed E-state index contributed by atoms with van der Waals surface area (Å²) in [5.41, 5.74) is 0.831. The lowest BCUT2D eigenvalue weighted by atomic mass is 10.1. The summed E-state index contributed by atoms with van der Waals surface area (Å²) >= 11 is 0. The van der Waals surface area contributed by atoms with Crippen LogP contribution in [-0.2, 0) is 4.74 Å². The van der Waals surface area contributed by atoms with Crippen molar-refractivity contribution in [1.82, 2.24) is 0 Å². The minimum Gasteiger partial charge on any atom is -0.501 e. The lowest BCUT2D eigenvalue weighted by Gasteiger charge is -1.98. The SMILES string of the molecule is C=CC/C(C=C(C#N)C#N)=C\OCC. The summed E-state index contributed by atoms with van der Waals surface area (Å²) in [6, 6.07) is 3.57. The van der Waals surface area contributed by atoms with Gasteiger partial charge in [-0.1, -0.05) is 6.08 Å². The van der Waals surface area contributed by atoms with Crippen LogP contribution in [0.25, 0.3) is 0 Å². The third-order valence-electron chi connectivity index (χ3n) is 1.35. The van der Waals surface area contributed by atoms with Gasteiger partial charge in [-0.15, -0.1) is 6.58 Å². The number of hydrogen-bond donors (Lipinski definition) is 0. The molecule has 0 aromatic heterocycles. The molecule has 0 radical (unpaired) electrons. The van der Waals surface area contributed by atoms with Crippen LogP contribution in [0.1, 0.15) is 13.3 Å². The Kier molecular flexibility index (Phi) is 6.55. The van der Waals surface area contributed by atoms with Crippen LogP contribution >= 0.6 is 0 Å². The van der Waals surface area contributed by atoms with Gasteiger partial charge in [0.2, 0.25) is 0 Å². The first-order chi connectivity index (χ1) is 6.78. The first kappa shape index (κ1) is 12.0. The summed E-state index contributed by atoms with van der Waals surface area (Å²) in [5.74, 6) is 0. The lowest BCUT2D eigenvalue weighted by molar-refractivity contribution is 0.266. The van der Waals surface area contributed by atoms with E-state index in [1.165, 1.54) is 12.3 Å². The van der Waals surface area contributed by atoms with Crippen LogP contribution in [0.15, 0.2) is 36.1 Å². The van der Waals surface area contributed by atoms with Crippen molar-refractivity contribution in [2.45, 2.75) is 13.3 Å². The molecule has 0 rings (SSSR count). The van der Waals surface area contributed by atoms with Crippen molar-refractivity contribution in [3.63, 3.8) is 0 Å². The molecule has 0 saturated heterocycles. The van der Waals surface area contributed by atoms with Crippen LogP contribution in [-0.4, -0.2) is 6.61 Å². The van der Waals surface area contributed by atoms with Crippen LogP contribution in [0.4, 0.5) is 0 Å². The highest BCUT2D eigenvalue weighted by molar-refractivity contribution is 5.41. The van der Waals surface area contributed by atoms with Gasteiger partial charge in [0.15, 0.2) is 0 Å². The smallest absolute Gasteiger partial charge is 0.130 e. The molecular formula is C11H12N2O. The molecule has 0 N–H and O–H groups in total. The van der Waals surface area contributed by atoms with Crippen molar-refractivity contribution < 1.29 is 4.74 Å². The monoisotopic (exact) mass is 188 g/mol. The van der Waals surface area contributed by atoms with Crippen LogP contribution in [0.3, 0.4) is 0 Å². The summed E-state index contributed by atoms with van der Waals surface area (Å²) in [6.45, 7) is 6.00. The summed E-state index contributed by atoms with van der Waals surface area (Å²) < 4.78 is 5.06. The minimum atomic E-state index is 0.0674. The molecule has 0 spiro atoms. The second-order valence-electron chi connectivity index (χ2n) is 2.42. The highest BCUT2D eigenvalue weighted by Gasteiger charge is 1.95. The Morgan fingerprint density at radius 2 is 2.07 bits per heavy atom. The Morgan fingerprint density at radius 3 is 2.50 bits per heavy atom. The Balaban J connectivity index is 4.69. The van der Waals surface area contributed by atoms with Gasteiger partial charge in [-0.3, -0.25) is 0 Å². The molecular weight excluding hydrogens is 176 g/mol. The first-order valence-electron chi connectivity index (χ1n) is 4.21. The highest BCUT2D eigenvalue weighted by Crippen LogP contribution is 2.07. The maximum Gasteiger partial charge on any atom is 0.130 e. The maximum absolute atomic E-state index is 8.53.